The Morgan fingerprint density at radius 1 is 1.25 bits per heavy atom. The van der Waals surface area contributed by atoms with E-state index in [-0.39, 0.29) is 5.91 Å². The summed E-state index contributed by atoms with van der Waals surface area (Å²) in [4.78, 5) is 10.7. The summed E-state index contributed by atoms with van der Waals surface area (Å²) in [6.45, 7) is 0. The highest BCUT2D eigenvalue weighted by Crippen LogP contribution is 2.02. The van der Waals surface area contributed by atoms with Gasteiger partial charge in [-0.1, -0.05) is 42.5 Å². The molecule has 1 aromatic rings. The van der Waals surface area contributed by atoms with Crippen LogP contribution in [0, 0.1) is 0 Å². The fourth-order valence-electron chi connectivity index (χ4n) is 1.39. The first-order valence-electron chi connectivity index (χ1n) is 5.45. The molecule has 2 N–H and O–H groups in total. The summed E-state index contributed by atoms with van der Waals surface area (Å²) in [5, 5.41) is 8.27. The van der Waals surface area contributed by atoms with Gasteiger partial charge < -0.3 is 0 Å². The van der Waals surface area contributed by atoms with Crippen molar-refractivity contribution in [2.45, 2.75) is 25.7 Å². The number of hydroxylamine groups is 1. The van der Waals surface area contributed by atoms with Crippen LogP contribution in [0.25, 0.3) is 0 Å². The lowest BCUT2D eigenvalue weighted by Gasteiger charge is -1.96. The Bertz CT molecular complexity index is 333. The molecule has 0 unspecified atom stereocenters. The van der Waals surface area contributed by atoms with Gasteiger partial charge in [0.1, 0.15) is 0 Å². The topological polar surface area (TPSA) is 49.3 Å². The van der Waals surface area contributed by atoms with Crippen molar-refractivity contribution in [1.29, 1.82) is 0 Å². The molecular formula is C13H17NO2. The van der Waals surface area contributed by atoms with Crippen LogP contribution in [-0.2, 0) is 11.2 Å². The highest BCUT2D eigenvalue weighted by molar-refractivity contribution is 5.74. The molecule has 86 valence electrons. The minimum Gasteiger partial charge on any atom is -0.289 e. The van der Waals surface area contributed by atoms with Gasteiger partial charge in [0.25, 0.3) is 0 Å². The zero-order chi connectivity index (χ0) is 11.6. The first-order chi connectivity index (χ1) is 7.83. The molecule has 0 atom stereocenters. The number of benzene rings is 1. The molecule has 0 spiro atoms. The number of hydrogen-bond donors (Lipinski definition) is 2. The molecule has 0 aliphatic rings. The van der Waals surface area contributed by atoms with Gasteiger partial charge in [0.2, 0.25) is 5.91 Å². The van der Waals surface area contributed by atoms with Gasteiger partial charge >= 0.3 is 0 Å². The molecule has 0 aliphatic heterocycles. The van der Waals surface area contributed by atoms with Crippen molar-refractivity contribution in [3.63, 3.8) is 0 Å². The Labute approximate surface area is 95.8 Å². The van der Waals surface area contributed by atoms with Crippen molar-refractivity contribution in [3.8, 4) is 0 Å². The Morgan fingerprint density at radius 3 is 2.69 bits per heavy atom. The molecule has 3 nitrogen and oxygen atoms in total. The molecular weight excluding hydrogens is 202 g/mol. The van der Waals surface area contributed by atoms with E-state index in [1.165, 1.54) is 5.56 Å². The first kappa shape index (κ1) is 12.5. The lowest BCUT2D eigenvalue weighted by molar-refractivity contribution is -0.129. The monoisotopic (exact) mass is 219 g/mol. The van der Waals surface area contributed by atoms with E-state index in [0.717, 1.165) is 19.3 Å². The smallest absolute Gasteiger partial charge is 0.243 e. The number of carbonyl (C=O) groups excluding carboxylic acids is 1. The molecule has 0 bridgehead atoms. The maximum absolute atomic E-state index is 10.7. The van der Waals surface area contributed by atoms with Crippen LogP contribution in [0.15, 0.2) is 42.5 Å². The van der Waals surface area contributed by atoms with Crippen molar-refractivity contribution in [1.82, 2.24) is 5.48 Å². The van der Waals surface area contributed by atoms with Crippen molar-refractivity contribution in [2.24, 2.45) is 0 Å². The molecule has 0 saturated heterocycles. The Balaban J connectivity index is 2.12. The standard InChI is InChI=1S/C13H17NO2/c15-13(14-16)11-7-2-1-4-8-12-9-5-3-6-10-12/h1,3-6,9-10,16H,2,7-8,11H2,(H,14,15)/b4-1+. The third kappa shape index (κ3) is 5.32. The summed E-state index contributed by atoms with van der Waals surface area (Å²) in [7, 11) is 0. The van der Waals surface area contributed by atoms with Crippen molar-refractivity contribution >= 4 is 5.91 Å². The zero-order valence-electron chi connectivity index (χ0n) is 9.23. The lowest BCUT2D eigenvalue weighted by Crippen LogP contribution is -2.17. The molecule has 1 rings (SSSR count). The van der Waals surface area contributed by atoms with Crippen LogP contribution < -0.4 is 5.48 Å². The van der Waals surface area contributed by atoms with E-state index in [9.17, 15) is 4.79 Å². The molecule has 0 aliphatic carbocycles. The Kier molecular flexibility index (Phi) is 5.96. The summed E-state index contributed by atoms with van der Waals surface area (Å²) in [6, 6.07) is 10.2. The van der Waals surface area contributed by atoms with Crippen molar-refractivity contribution in [3.05, 3.63) is 48.0 Å². The molecule has 0 saturated carbocycles. The number of allylic oxidation sites excluding steroid dienone is 2. The van der Waals surface area contributed by atoms with Crippen LogP contribution in [0.4, 0.5) is 0 Å². The van der Waals surface area contributed by atoms with E-state index in [0.29, 0.717) is 6.42 Å². The summed E-state index contributed by atoms with van der Waals surface area (Å²) in [5.41, 5.74) is 2.90. The van der Waals surface area contributed by atoms with Crippen LogP contribution >= 0.6 is 0 Å². The number of unbranched alkanes of at least 4 members (excludes halogenated alkanes) is 1. The van der Waals surface area contributed by atoms with Gasteiger partial charge in [-0.25, -0.2) is 5.48 Å². The SMILES string of the molecule is O=C(CCC/C=C/Cc1ccccc1)NO. The van der Waals surface area contributed by atoms with Crippen LogP contribution in [0.3, 0.4) is 0 Å². The second-order valence-corrected chi connectivity index (χ2v) is 3.59. The Hall–Kier alpha value is -1.61. The molecule has 0 heterocycles. The predicted octanol–water partition coefficient (Wildman–Crippen LogP) is 2.46. The average Bonchev–Trinajstić information content (AvgIpc) is 2.34. The number of amides is 1. The zero-order valence-corrected chi connectivity index (χ0v) is 9.23. The van der Waals surface area contributed by atoms with E-state index in [4.69, 9.17) is 5.21 Å². The van der Waals surface area contributed by atoms with Crippen LogP contribution in [-0.4, -0.2) is 11.1 Å². The van der Waals surface area contributed by atoms with Crippen molar-refractivity contribution < 1.29 is 10.0 Å². The summed E-state index contributed by atoms with van der Waals surface area (Å²) < 4.78 is 0. The van der Waals surface area contributed by atoms with Gasteiger partial charge in [-0.15, -0.1) is 0 Å². The quantitative estimate of drug-likeness (QED) is 0.334. The van der Waals surface area contributed by atoms with Crippen molar-refractivity contribution in [2.75, 3.05) is 0 Å². The fourth-order valence-corrected chi connectivity index (χ4v) is 1.39. The second kappa shape index (κ2) is 7.65. The van der Waals surface area contributed by atoms with Gasteiger partial charge in [-0.2, -0.15) is 0 Å². The van der Waals surface area contributed by atoms with Gasteiger partial charge in [0.15, 0.2) is 0 Å². The molecule has 16 heavy (non-hydrogen) atoms. The molecule has 1 amide bonds. The largest absolute Gasteiger partial charge is 0.289 e. The summed E-state index contributed by atoms with van der Waals surface area (Å²) in [5.74, 6) is -0.323. The van der Waals surface area contributed by atoms with Gasteiger partial charge in [0.05, 0.1) is 0 Å². The molecule has 0 fully saturated rings. The third-order valence-corrected chi connectivity index (χ3v) is 2.26. The molecule has 3 heteroatoms. The van der Waals surface area contributed by atoms with Crippen LogP contribution in [0.1, 0.15) is 24.8 Å². The maximum Gasteiger partial charge on any atom is 0.243 e. The highest BCUT2D eigenvalue weighted by atomic mass is 16.5. The maximum atomic E-state index is 10.7. The second-order valence-electron chi connectivity index (χ2n) is 3.59. The van der Waals surface area contributed by atoms with E-state index in [1.54, 1.807) is 5.48 Å². The fraction of sp³-hybridized carbons (Fsp3) is 0.308. The normalized spacial score (nSPS) is 10.6. The molecule has 0 aromatic heterocycles. The molecule has 1 aromatic carbocycles. The Morgan fingerprint density at radius 2 is 2.00 bits per heavy atom. The minimum atomic E-state index is -0.323. The van der Waals surface area contributed by atoms with E-state index in [2.05, 4.69) is 24.3 Å². The van der Waals surface area contributed by atoms with E-state index >= 15 is 0 Å². The van der Waals surface area contributed by atoms with Crippen LogP contribution in [0.2, 0.25) is 0 Å². The van der Waals surface area contributed by atoms with Gasteiger partial charge in [-0.3, -0.25) is 10.0 Å². The summed E-state index contributed by atoms with van der Waals surface area (Å²) in [6.07, 6.45) is 7.08. The van der Waals surface area contributed by atoms with Crippen LogP contribution in [0.5, 0.6) is 0 Å². The number of hydrogen-bond acceptors (Lipinski definition) is 2. The molecule has 0 radical (unpaired) electrons. The average molecular weight is 219 g/mol. The number of nitrogens with one attached hydrogen (secondary N) is 1. The minimum absolute atomic E-state index is 0.323. The lowest BCUT2D eigenvalue weighted by atomic mass is 10.1. The third-order valence-electron chi connectivity index (χ3n) is 2.26. The highest BCUT2D eigenvalue weighted by Gasteiger charge is 1.95. The predicted molar refractivity (Wildman–Crippen MR) is 63.1 cm³/mol. The number of rotatable bonds is 6. The van der Waals surface area contributed by atoms with E-state index < -0.39 is 0 Å². The van der Waals surface area contributed by atoms with E-state index in [1.807, 2.05) is 18.2 Å². The van der Waals surface area contributed by atoms with Gasteiger partial charge in [0, 0.05) is 6.42 Å². The van der Waals surface area contributed by atoms with Gasteiger partial charge in [-0.05, 0) is 24.8 Å². The summed E-state index contributed by atoms with van der Waals surface area (Å²) >= 11 is 0. The number of carbonyl (C=O) groups is 1. The first-order valence-corrected chi connectivity index (χ1v) is 5.45.